The zero-order valence-electron chi connectivity index (χ0n) is 11.0. The van der Waals surface area contributed by atoms with E-state index in [-0.39, 0.29) is 11.9 Å². The molecule has 1 N–H and O–H groups in total. The van der Waals surface area contributed by atoms with E-state index in [2.05, 4.69) is 24.0 Å². The number of nitrogens with one attached hydrogen (secondary N) is 1. The van der Waals surface area contributed by atoms with Crippen molar-refractivity contribution in [3.63, 3.8) is 0 Å². The lowest BCUT2D eigenvalue weighted by atomic mass is 10.0. The smallest absolute Gasteiger partial charge is 0.123 e. The molecule has 1 nitrogen and oxygen atoms in total. The lowest BCUT2D eigenvalue weighted by Crippen LogP contribution is -2.30. The number of thioether (sulfide) groups is 1. The largest absolute Gasteiger partial charge is 0.309 e. The van der Waals surface area contributed by atoms with Crippen molar-refractivity contribution >= 4 is 11.8 Å². The molecule has 1 heterocycles. The molecule has 100 valence electrons. The summed E-state index contributed by atoms with van der Waals surface area (Å²) in [6.45, 7) is 3.19. The van der Waals surface area contributed by atoms with Crippen molar-refractivity contribution < 1.29 is 4.39 Å². The van der Waals surface area contributed by atoms with Gasteiger partial charge in [0.05, 0.1) is 0 Å². The second-order valence-electron chi connectivity index (χ2n) is 4.91. The Morgan fingerprint density at radius 3 is 3.00 bits per heavy atom. The summed E-state index contributed by atoms with van der Waals surface area (Å²) in [5, 5.41) is 4.33. The molecule has 1 aliphatic rings. The first kappa shape index (κ1) is 13.9. The molecule has 3 heteroatoms. The fourth-order valence-corrected chi connectivity index (χ4v) is 3.71. The van der Waals surface area contributed by atoms with E-state index in [1.807, 2.05) is 6.07 Å². The molecule has 0 saturated carbocycles. The van der Waals surface area contributed by atoms with E-state index < -0.39 is 0 Å². The molecular formula is C15H22FNS. The van der Waals surface area contributed by atoms with E-state index in [0.717, 1.165) is 23.8 Å². The third-order valence-electron chi connectivity index (χ3n) is 3.53. The molecule has 18 heavy (non-hydrogen) atoms. The molecule has 0 aliphatic carbocycles. The Bertz CT molecular complexity index is 363. The van der Waals surface area contributed by atoms with Gasteiger partial charge in [-0.1, -0.05) is 25.5 Å². The van der Waals surface area contributed by atoms with E-state index in [1.165, 1.54) is 31.1 Å². The van der Waals surface area contributed by atoms with Crippen LogP contribution in [0.5, 0.6) is 0 Å². The molecule has 2 atom stereocenters. The Balaban J connectivity index is 1.88. The zero-order chi connectivity index (χ0) is 12.8. The Kier molecular flexibility index (Phi) is 5.51. The average Bonchev–Trinajstić information content (AvgIpc) is 2.41. The first-order valence-electron chi connectivity index (χ1n) is 6.90. The van der Waals surface area contributed by atoms with E-state index in [0.29, 0.717) is 0 Å². The molecule has 0 radical (unpaired) electrons. The lowest BCUT2D eigenvalue weighted by molar-refractivity contribution is 0.497. The molecule has 0 spiro atoms. The van der Waals surface area contributed by atoms with Gasteiger partial charge < -0.3 is 5.32 Å². The van der Waals surface area contributed by atoms with Crippen LogP contribution >= 0.6 is 11.8 Å². The van der Waals surface area contributed by atoms with Gasteiger partial charge in [-0.05, 0) is 42.7 Å². The van der Waals surface area contributed by atoms with Crippen molar-refractivity contribution in [3.8, 4) is 0 Å². The third-order valence-corrected chi connectivity index (χ3v) is 4.92. The highest BCUT2D eigenvalue weighted by Crippen LogP contribution is 2.25. The minimum absolute atomic E-state index is 0.139. The predicted octanol–water partition coefficient (Wildman–Crippen LogP) is 4.15. The van der Waals surface area contributed by atoms with Crippen LogP contribution in [0.3, 0.4) is 0 Å². The van der Waals surface area contributed by atoms with Crippen molar-refractivity contribution in [2.45, 2.75) is 43.9 Å². The molecule has 1 aromatic rings. The van der Waals surface area contributed by atoms with Crippen molar-refractivity contribution in [2.24, 2.45) is 0 Å². The van der Waals surface area contributed by atoms with Crippen LogP contribution in [0.1, 0.15) is 44.2 Å². The maximum atomic E-state index is 13.2. The van der Waals surface area contributed by atoms with Gasteiger partial charge in [0.15, 0.2) is 0 Å². The number of hydrogen-bond acceptors (Lipinski definition) is 2. The van der Waals surface area contributed by atoms with Gasteiger partial charge in [-0.2, -0.15) is 11.8 Å². The average molecular weight is 267 g/mol. The molecule has 0 amide bonds. The van der Waals surface area contributed by atoms with Crippen molar-refractivity contribution in [1.29, 1.82) is 0 Å². The first-order chi connectivity index (χ1) is 8.79. The van der Waals surface area contributed by atoms with Gasteiger partial charge in [0.1, 0.15) is 5.82 Å². The quantitative estimate of drug-likeness (QED) is 0.860. The molecule has 2 unspecified atom stereocenters. The number of halogens is 1. The summed E-state index contributed by atoms with van der Waals surface area (Å²) in [4.78, 5) is 0. The number of hydrogen-bond donors (Lipinski definition) is 1. The van der Waals surface area contributed by atoms with Gasteiger partial charge in [-0.3, -0.25) is 0 Å². The van der Waals surface area contributed by atoms with E-state index in [9.17, 15) is 4.39 Å². The summed E-state index contributed by atoms with van der Waals surface area (Å²) in [5.74, 6) is 1.16. The normalized spacial score (nSPS) is 21.8. The molecule has 0 bridgehead atoms. The maximum absolute atomic E-state index is 13.2. The molecule has 2 rings (SSSR count). The van der Waals surface area contributed by atoms with E-state index >= 15 is 0 Å². The number of rotatable bonds is 5. The molecule has 1 aromatic carbocycles. The van der Waals surface area contributed by atoms with Gasteiger partial charge in [-0.15, -0.1) is 0 Å². The molecule has 1 fully saturated rings. The van der Waals surface area contributed by atoms with Crippen LogP contribution in [-0.4, -0.2) is 17.5 Å². The Morgan fingerprint density at radius 2 is 2.33 bits per heavy atom. The molecule has 1 saturated heterocycles. The van der Waals surface area contributed by atoms with Gasteiger partial charge >= 0.3 is 0 Å². The Morgan fingerprint density at radius 1 is 1.44 bits per heavy atom. The Labute approximate surface area is 114 Å². The lowest BCUT2D eigenvalue weighted by Gasteiger charge is -2.25. The van der Waals surface area contributed by atoms with Gasteiger partial charge in [0, 0.05) is 17.8 Å². The van der Waals surface area contributed by atoms with Crippen LogP contribution in [-0.2, 0) is 0 Å². The third kappa shape index (κ3) is 3.99. The van der Waals surface area contributed by atoms with E-state index in [4.69, 9.17) is 0 Å². The SMILES string of the molecule is CCC(NCC1CCCCS1)c1cccc(F)c1. The van der Waals surface area contributed by atoms with Crippen molar-refractivity contribution in [1.82, 2.24) is 5.32 Å². The summed E-state index contributed by atoms with van der Waals surface area (Å²) >= 11 is 2.08. The van der Waals surface area contributed by atoms with Crippen molar-refractivity contribution in [2.75, 3.05) is 12.3 Å². The summed E-state index contributed by atoms with van der Waals surface area (Å²) in [6.07, 6.45) is 5.04. The maximum Gasteiger partial charge on any atom is 0.123 e. The number of benzene rings is 1. The highest BCUT2D eigenvalue weighted by Gasteiger charge is 2.16. The van der Waals surface area contributed by atoms with Gasteiger partial charge in [0.25, 0.3) is 0 Å². The topological polar surface area (TPSA) is 12.0 Å². The summed E-state index contributed by atoms with van der Waals surface area (Å²) in [7, 11) is 0. The Hall–Kier alpha value is -0.540. The van der Waals surface area contributed by atoms with Crippen LogP contribution < -0.4 is 5.32 Å². The van der Waals surface area contributed by atoms with Gasteiger partial charge in [-0.25, -0.2) is 4.39 Å². The summed E-state index contributed by atoms with van der Waals surface area (Å²) < 4.78 is 13.2. The first-order valence-corrected chi connectivity index (χ1v) is 7.95. The summed E-state index contributed by atoms with van der Waals surface area (Å²) in [6, 6.07) is 7.24. The monoisotopic (exact) mass is 267 g/mol. The van der Waals surface area contributed by atoms with Crippen LogP contribution in [0.15, 0.2) is 24.3 Å². The van der Waals surface area contributed by atoms with Crippen LogP contribution in [0, 0.1) is 5.82 Å². The van der Waals surface area contributed by atoms with Crippen LogP contribution in [0.4, 0.5) is 4.39 Å². The van der Waals surface area contributed by atoms with Gasteiger partial charge in [0.2, 0.25) is 0 Å². The van der Waals surface area contributed by atoms with Crippen LogP contribution in [0.2, 0.25) is 0 Å². The molecule has 1 aliphatic heterocycles. The summed E-state index contributed by atoms with van der Waals surface area (Å²) in [5.41, 5.74) is 1.07. The van der Waals surface area contributed by atoms with E-state index in [1.54, 1.807) is 12.1 Å². The van der Waals surface area contributed by atoms with Crippen molar-refractivity contribution in [3.05, 3.63) is 35.6 Å². The zero-order valence-corrected chi connectivity index (χ0v) is 11.8. The molecular weight excluding hydrogens is 245 g/mol. The fourth-order valence-electron chi connectivity index (χ4n) is 2.46. The minimum Gasteiger partial charge on any atom is -0.309 e. The van der Waals surface area contributed by atoms with Crippen LogP contribution in [0.25, 0.3) is 0 Å². The standard InChI is InChI=1S/C15H22FNS/c1-2-15(12-6-5-7-13(16)10-12)17-11-14-8-3-4-9-18-14/h5-7,10,14-15,17H,2-4,8-9,11H2,1H3. The fraction of sp³-hybridized carbons (Fsp3) is 0.600. The minimum atomic E-state index is -0.139. The second kappa shape index (κ2) is 7.15. The highest BCUT2D eigenvalue weighted by atomic mass is 32.2. The second-order valence-corrected chi connectivity index (χ2v) is 6.32. The highest BCUT2D eigenvalue weighted by molar-refractivity contribution is 7.99. The molecule has 0 aromatic heterocycles. The predicted molar refractivity (Wildman–Crippen MR) is 77.5 cm³/mol.